The molecule has 0 saturated heterocycles. The van der Waals surface area contributed by atoms with Crippen molar-refractivity contribution in [3.05, 3.63) is 28.2 Å². The second-order valence-electron chi connectivity index (χ2n) is 5.52. The van der Waals surface area contributed by atoms with Crippen LogP contribution in [0.25, 0.3) is 0 Å². The number of ether oxygens (including phenoxy) is 1. The van der Waals surface area contributed by atoms with Crippen molar-refractivity contribution in [1.29, 1.82) is 0 Å². The minimum Gasteiger partial charge on any atom is -0.496 e. The van der Waals surface area contributed by atoms with E-state index in [4.69, 9.17) is 10.5 Å². The van der Waals surface area contributed by atoms with Crippen LogP contribution < -0.4 is 10.5 Å². The molecule has 20 heavy (non-hydrogen) atoms. The Labute approximate surface area is 126 Å². The van der Waals surface area contributed by atoms with E-state index in [0.717, 1.165) is 15.8 Å². The molecule has 5 heteroatoms. The van der Waals surface area contributed by atoms with Crippen LogP contribution >= 0.6 is 15.9 Å². The first kappa shape index (κ1) is 15.7. The smallest absolute Gasteiger partial charge is 0.248 e. The van der Waals surface area contributed by atoms with E-state index in [0.29, 0.717) is 19.3 Å². The van der Waals surface area contributed by atoms with E-state index >= 15 is 0 Å². The van der Waals surface area contributed by atoms with E-state index in [1.54, 1.807) is 7.11 Å². The zero-order chi connectivity index (χ0) is 14.8. The molecular weight excluding hydrogens is 328 g/mol. The first-order valence-electron chi connectivity index (χ1n) is 6.87. The van der Waals surface area contributed by atoms with E-state index in [9.17, 15) is 8.78 Å². The Hall–Kier alpha value is -0.680. The third-order valence-electron chi connectivity index (χ3n) is 4.07. The molecule has 0 bridgehead atoms. The van der Waals surface area contributed by atoms with Gasteiger partial charge in [-0.25, -0.2) is 8.78 Å². The van der Waals surface area contributed by atoms with Gasteiger partial charge in [0.05, 0.1) is 7.11 Å². The van der Waals surface area contributed by atoms with Gasteiger partial charge in [-0.2, -0.15) is 0 Å². The molecule has 1 aliphatic carbocycles. The lowest BCUT2D eigenvalue weighted by Gasteiger charge is -2.32. The van der Waals surface area contributed by atoms with Crippen LogP contribution in [0.15, 0.2) is 22.7 Å². The topological polar surface area (TPSA) is 35.2 Å². The highest BCUT2D eigenvalue weighted by molar-refractivity contribution is 9.10. The van der Waals surface area contributed by atoms with Crippen molar-refractivity contribution in [1.82, 2.24) is 0 Å². The summed E-state index contributed by atoms with van der Waals surface area (Å²) in [7, 11) is 1.62. The van der Waals surface area contributed by atoms with Gasteiger partial charge in [-0.1, -0.05) is 15.9 Å². The summed E-state index contributed by atoms with van der Waals surface area (Å²) in [4.78, 5) is 0. The van der Waals surface area contributed by atoms with E-state index in [2.05, 4.69) is 15.9 Å². The van der Waals surface area contributed by atoms with Gasteiger partial charge in [0.2, 0.25) is 5.92 Å². The van der Waals surface area contributed by atoms with Crippen molar-refractivity contribution in [2.45, 2.75) is 44.1 Å². The van der Waals surface area contributed by atoms with Crippen LogP contribution in [0.1, 0.15) is 31.2 Å². The second kappa shape index (κ2) is 6.39. The molecule has 1 unspecified atom stereocenters. The van der Waals surface area contributed by atoms with E-state index in [1.807, 2.05) is 18.2 Å². The van der Waals surface area contributed by atoms with Gasteiger partial charge in [0.1, 0.15) is 5.75 Å². The van der Waals surface area contributed by atoms with Crippen molar-refractivity contribution in [2.24, 2.45) is 11.7 Å². The molecule has 0 radical (unpaired) electrons. The van der Waals surface area contributed by atoms with Gasteiger partial charge >= 0.3 is 0 Å². The third kappa shape index (κ3) is 3.92. The molecule has 0 amide bonds. The Bertz CT molecular complexity index is 457. The fraction of sp³-hybridized carbons (Fsp3) is 0.600. The normalized spacial score (nSPS) is 20.6. The summed E-state index contributed by atoms with van der Waals surface area (Å²) in [6.45, 7) is 0. The lowest BCUT2D eigenvalue weighted by Crippen LogP contribution is -2.37. The summed E-state index contributed by atoms with van der Waals surface area (Å²) < 4.78 is 32.6. The van der Waals surface area contributed by atoms with Crippen LogP contribution in [0.4, 0.5) is 8.78 Å². The molecule has 0 heterocycles. The van der Waals surface area contributed by atoms with E-state index in [1.165, 1.54) is 0 Å². The number of nitrogens with two attached hydrogens (primary N) is 1. The number of alkyl halides is 2. The lowest BCUT2D eigenvalue weighted by molar-refractivity contribution is -0.0481. The van der Waals surface area contributed by atoms with Gasteiger partial charge in [-0.05, 0) is 48.9 Å². The van der Waals surface area contributed by atoms with Crippen LogP contribution in [0.3, 0.4) is 0 Å². The Morgan fingerprint density at radius 3 is 2.65 bits per heavy atom. The zero-order valence-corrected chi connectivity index (χ0v) is 13.1. The molecule has 1 atom stereocenters. The van der Waals surface area contributed by atoms with Crippen molar-refractivity contribution in [2.75, 3.05) is 7.11 Å². The molecule has 0 spiro atoms. The largest absolute Gasteiger partial charge is 0.496 e. The summed E-state index contributed by atoms with van der Waals surface area (Å²) in [5.74, 6) is -1.54. The molecule has 2 rings (SSSR count). The van der Waals surface area contributed by atoms with E-state index in [-0.39, 0.29) is 24.8 Å². The van der Waals surface area contributed by atoms with Crippen LogP contribution in [-0.4, -0.2) is 19.1 Å². The fourth-order valence-electron chi connectivity index (χ4n) is 2.82. The average Bonchev–Trinajstić information content (AvgIpc) is 2.38. The van der Waals surface area contributed by atoms with Crippen molar-refractivity contribution < 1.29 is 13.5 Å². The summed E-state index contributed by atoms with van der Waals surface area (Å²) in [5, 5.41) is 0. The number of hydrogen-bond acceptors (Lipinski definition) is 2. The van der Waals surface area contributed by atoms with Gasteiger partial charge in [0, 0.05) is 23.4 Å². The monoisotopic (exact) mass is 347 g/mol. The molecule has 1 aromatic rings. The predicted octanol–water partition coefficient (Wildman–Crippen LogP) is 4.15. The fourth-order valence-corrected chi connectivity index (χ4v) is 3.23. The zero-order valence-electron chi connectivity index (χ0n) is 11.5. The summed E-state index contributed by atoms with van der Waals surface area (Å²) in [5.41, 5.74) is 7.25. The molecule has 0 aliphatic heterocycles. The van der Waals surface area contributed by atoms with Crippen molar-refractivity contribution >= 4 is 15.9 Å². The number of hydrogen-bond donors (Lipinski definition) is 1. The number of methoxy groups -OCH3 is 1. The van der Waals surface area contributed by atoms with Crippen LogP contribution in [0.5, 0.6) is 5.75 Å². The Morgan fingerprint density at radius 2 is 2.05 bits per heavy atom. The average molecular weight is 348 g/mol. The van der Waals surface area contributed by atoms with Gasteiger partial charge in [0.15, 0.2) is 0 Å². The van der Waals surface area contributed by atoms with Crippen molar-refractivity contribution in [3.63, 3.8) is 0 Å². The van der Waals surface area contributed by atoms with Crippen LogP contribution in [0, 0.1) is 5.92 Å². The maximum Gasteiger partial charge on any atom is 0.248 e. The maximum absolute atomic E-state index is 13.2. The van der Waals surface area contributed by atoms with Crippen molar-refractivity contribution in [3.8, 4) is 5.75 Å². The second-order valence-corrected chi connectivity index (χ2v) is 6.43. The number of benzene rings is 1. The van der Waals surface area contributed by atoms with Gasteiger partial charge in [-0.3, -0.25) is 0 Å². The Morgan fingerprint density at radius 1 is 1.40 bits per heavy atom. The quantitative estimate of drug-likeness (QED) is 0.887. The van der Waals surface area contributed by atoms with Crippen LogP contribution in [-0.2, 0) is 6.42 Å². The Kier molecular flexibility index (Phi) is 5.02. The molecule has 2 N–H and O–H groups in total. The number of halogens is 3. The molecule has 0 aromatic heterocycles. The predicted molar refractivity (Wildman–Crippen MR) is 79.3 cm³/mol. The molecule has 1 fully saturated rings. The van der Waals surface area contributed by atoms with Gasteiger partial charge in [0.25, 0.3) is 0 Å². The van der Waals surface area contributed by atoms with Crippen LogP contribution in [0.2, 0.25) is 0 Å². The molecule has 2 nitrogen and oxygen atoms in total. The first-order valence-corrected chi connectivity index (χ1v) is 7.66. The lowest BCUT2D eigenvalue weighted by atomic mass is 9.80. The standard InChI is InChI=1S/C15H20BrF2NO/c1-20-14-3-2-12(16)8-11(14)9-13(19)10-4-6-15(17,18)7-5-10/h2-3,8,10,13H,4-7,9,19H2,1H3. The SMILES string of the molecule is COc1ccc(Br)cc1CC(N)C1CCC(F)(F)CC1. The van der Waals surface area contributed by atoms with Gasteiger partial charge < -0.3 is 10.5 Å². The molecule has 1 aliphatic rings. The van der Waals surface area contributed by atoms with Gasteiger partial charge in [-0.15, -0.1) is 0 Å². The molecule has 112 valence electrons. The third-order valence-corrected chi connectivity index (χ3v) is 4.56. The molecular formula is C15H20BrF2NO. The number of rotatable bonds is 4. The molecule has 1 saturated carbocycles. The summed E-state index contributed by atoms with van der Waals surface area (Å²) in [6, 6.07) is 5.68. The highest BCUT2D eigenvalue weighted by Crippen LogP contribution is 2.38. The summed E-state index contributed by atoms with van der Waals surface area (Å²) in [6.07, 6.45) is 1.58. The maximum atomic E-state index is 13.2. The minimum atomic E-state index is -2.50. The highest BCUT2D eigenvalue weighted by Gasteiger charge is 2.36. The highest BCUT2D eigenvalue weighted by atomic mass is 79.9. The first-order chi connectivity index (χ1) is 9.41. The Balaban J connectivity index is 2.01. The molecule has 1 aromatic carbocycles. The van der Waals surface area contributed by atoms with E-state index < -0.39 is 5.92 Å². The summed E-state index contributed by atoms with van der Waals surface area (Å²) >= 11 is 3.43. The minimum absolute atomic E-state index is 0.0407.